The molecule has 14 aromatic rings. The summed E-state index contributed by atoms with van der Waals surface area (Å²) >= 11 is 0. The minimum Gasteiger partial charge on any atom is -0.456 e. The highest BCUT2D eigenvalue weighted by molar-refractivity contribution is 7.00. The van der Waals surface area contributed by atoms with Crippen LogP contribution >= 0.6 is 0 Å². The van der Waals surface area contributed by atoms with E-state index in [2.05, 4.69) is 313 Å². The van der Waals surface area contributed by atoms with Crippen LogP contribution in [0.1, 0.15) is 0 Å². The first kappa shape index (κ1) is 47.3. The van der Waals surface area contributed by atoms with Crippen LogP contribution in [-0.4, -0.2) is 6.71 Å². The Labute approximate surface area is 478 Å². The summed E-state index contributed by atoms with van der Waals surface area (Å²) in [5, 5.41) is 2.19. The molecule has 0 bridgehead atoms. The van der Waals surface area contributed by atoms with Crippen LogP contribution in [0.5, 0.6) is 0 Å². The standard InChI is InChI=1S/C78H51BN2O/c1-7-21-52(22-8-1)59-35-38-70-72(48-59)80(66-43-61(54-25-11-3-12-26-54)41-62(44-66)55-27-13-4-14-28-55)74-50-65(58-37-40-77-69(47-58)68-33-19-20-34-76(68)82-77)51-75-78(74)79(70)71-39-36-60(53-23-9-2-10-24-53)49-73(71)81(75)67-45-63(56-29-15-5-16-30-56)42-64(46-67)57-31-17-6-18-32-57/h1-51H. The van der Waals surface area contributed by atoms with Crippen molar-refractivity contribution < 1.29 is 4.42 Å². The fraction of sp³-hybridized carbons (Fsp3) is 0. The van der Waals surface area contributed by atoms with Gasteiger partial charge in [-0.15, -0.1) is 0 Å². The summed E-state index contributed by atoms with van der Waals surface area (Å²) < 4.78 is 6.50. The molecule has 0 fully saturated rings. The van der Waals surface area contributed by atoms with Gasteiger partial charge in [0, 0.05) is 44.9 Å². The minimum absolute atomic E-state index is 0.136. The molecule has 3 nitrogen and oxygen atoms in total. The summed E-state index contributed by atoms with van der Waals surface area (Å²) in [6.45, 7) is -0.136. The number of benzene rings is 13. The Morgan fingerprint density at radius 2 is 0.537 bits per heavy atom. The van der Waals surface area contributed by atoms with E-state index >= 15 is 0 Å². The number of furan rings is 1. The molecule has 0 N–H and O–H groups in total. The van der Waals surface area contributed by atoms with Gasteiger partial charge in [0.25, 0.3) is 6.71 Å². The van der Waals surface area contributed by atoms with Crippen molar-refractivity contribution in [3.8, 4) is 77.9 Å². The number of hydrogen-bond acceptors (Lipinski definition) is 3. The predicted octanol–water partition coefficient (Wildman–Crippen LogP) is 19.3. The second-order valence-electron chi connectivity index (χ2n) is 21.6. The highest BCUT2D eigenvalue weighted by atomic mass is 16.3. The largest absolute Gasteiger partial charge is 0.456 e. The Kier molecular flexibility index (Phi) is 11.3. The quantitative estimate of drug-likeness (QED) is 0.134. The normalized spacial score (nSPS) is 12.3. The van der Waals surface area contributed by atoms with Gasteiger partial charge < -0.3 is 14.2 Å². The number of para-hydroxylation sites is 1. The maximum absolute atomic E-state index is 6.50. The third-order valence-electron chi connectivity index (χ3n) is 16.8. The lowest BCUT2D eigenvalue weighted by atomic mass is 9.33. The van der Waals surface area contributed by atoms with Gasteiger partial charge in [-0.05, 0) is 173 Å². The van der Waals surface area contributed by atoms with Gasteiger partial charge in [-0.2, -0.15) is 0 Å². The summed E-state index contributed by atoms with van der Waals surface area (Å²) in [5.74, 6) is 0. The number of hydrogen-bond donors (Lipinski definition) is 0. The van der Waals surface area contributed by atoms with Crippen molar-refractivity contribution in [2.75, 3.05) is 9.80 Å². The fourth-order valence-electron chi connectivity index (χ4n) is 12.9. The predicted molar refractivity (Wildman–Crippen MR) is 346 cm³/mol. The molecular weight excluding hydrogens is 992 g/mol. The van der Waals surface area contributed by atoms with Gasteiger partial charge in [-0.3, -0.25) is 0 Å². The molecule has 0 amide bonds. The van der Waals surface area contributed by atoms with Crippen LogP contribution in [-0.2, 0) is 0 Å². The third kappa shape index (κ3) is 8.15. The van der Waals surface area contributed by atoms with Crippen LogP contribution in [0.4, 0.5) is 34.1 Å². The summed E-state index contributed by atoms with van der Waals surface area (Å²) in [6, 6.07) is 114. The van der Waals surface area contributed by atoms with Crippen molar-refractivity contribution >= 4 is 79.2 Å². The number of anilines is 6. The van der Waals surface area contributed by atoms with Crippen LogP contribution in [0.25, 0.3) is 99.8 Å². The highest BCUT2D eigenvalue weighted by Gasteiger charge is 2.44. The molecule has 2 aliphatic heterocycles. The molecule has 2 aliphatic rings. The summed E-state index contributed by atoms with van der Waals surface area (Å²) in [4.78, 5) is 5.17. The zero-order valence-corrected chi connectivity index (χ0v) is 44.8. The average Bonchev–Trinajstić information content (AvgIpc) is 3.85. The number of nitrogens with zero attached hydrogens (tertiary/aromatic N) is 2. The lowest BCUT2D eigenvalue weighted by Gasteiger charge is -2.45. The van der Waals surface area contributed by atoms with Crippen molar-refractivity contribution in [1.29, 1.82) is 0 Å². The van der Waals surface area contributed by atoms with Crippen molar-refractivity contribution in [3.63, 3.8) is 0 Å². The number of fused-ring (bicyclic) bond motifs is 7. The zero-order chi connectivity index (χ0) is 54.1. The fourth-order valence-corrected chi connectivity index (χ4v) is 12.9. The Hall–Kier alpha value is -10.7. The first-order valence-electron chi connectivity index (χ1n) is 28.2. The summed E-state index contributed by atoms with van der Waals surface area (Å²) in [6.07, 6.45) is 0. The van der Waals surface area contributed by atoms with Gasteiger partial charge in [-0.25, -0.2) is 0 Å². The lowest BCUT2D eigenvalue weighted by Crippen LogP contribution is -2.61. The van der Waals surface area contributed by atoms with Crippen LogP contribution in [0, 0.1) is 0 Å². The Morgan fingerprint density at radius 1 is 0.220 bits per heavy atom. The van der Waals surface area contributed by atoms with Gasteiger partial charge in [0.05, 0.1) is 0 Å². The van der Waals surface area contributed by atoms with Crippen LogP contribution in [0.2, 0.25) is 0 Å². The van der Waals surface area contributed by atoms with E-state index in [0.717, 1.165) is 123 Å². The number of rotatable bonds is 9. The molecule has 1 aromatic heterocycles. The third-order valence-corrected chi connectivity index (χ3v) is 16.8. The van der Waals surface area contributed by atoms with E-state index in [1.807, 2.05) is 6.07 Å². The molecule has 0 radical (unpaired) electrons. The molecule has 382 valence electrons. The van der Waals surface area contributed by atoms with Crippen LogP contribution in [0.15, 0.2) is 314 Å². The van der Waals surface area contributed by atoms with Gasteiger partial charge >= 0.3 is 0 Å². The smallest absolute Gasteiger partial charge is 0.252 e. The minimum atomic E-state index is -0.136. The van der Waals surface area contributed by atoms with Gasteiger partial charge in [-0.1, -0.05) is 231 Å². The van der Waals surface area contributed by atoms with Crippen molar-refractivity contribution in [1.82, 2.24) is 0 Å². The van der Waals surface area contributed by atoms with Crippen molar-refractivity contribution in [2.24, 2.45) is 0 Å². The summed E-state index contributed by atoms with van der Waals surface area (Å²) in [7, 11) is 0. The average molecular weight is 1040 g/mol. The molecule has 0 unspecified atom stereocenters. The molecule has 82 heavy (non-hydrogen) atoms. The van der Waals surface area contributed by atoms with Crippen LogP contribution in [0.3, 0.4) is 0 Å². The lowest BCUT2D eigenvalue weighted by molar-refractivity contribution is 0.669. The summed E-state index contributed by atoms with van der Waals surface area (Å²) in [5.41, 5.74) is 28.3. The van der Waals surface area contributed by atoms with Gasteiger partial charge in [0.2, 0.25) is 0 Å². The first-order valence-corrected chi connectivity index (χ1v) is 28.2. The van der Waals surface area contributed by atoms with Gasteiger partial charge in [0.1, 0.15) is 11.2 Å². The van der Waals surface area contributed by atoms with E-state index in [9.17, 15) is 0 Å². The van der Waals surface area contributed by atoms with E-state index in [0.29, 0.717) is 0 Å². The molecule has 3 heterocycles. The second kappa shape index (κ2) is 19.6. The molecule has 4 heteroatoms. The second-order valence-corrected chi connectivity index (χ2v) is 21.6. The van der Waals surface area contributed by atoms with Crippen molar-refractivity contribution in [2.45, 2.75) is 0 Å². The van der Waals surface area contributed by atoms with Crippen LogP contribution < -0.4 is 26.2 Å². The molecule has 0 spiro atoms. The Bertz CT molecular complexity index is 4380. The molecule has 0 saturated carbocycles. The van der Waals surface area contributed by atoms with E-state index < -0.39 is 0 Å². The Balaban J connectivity index is 1.04. The van der Waals surface area contributed by atoms with Gasteiger partial charge in [0.15, 0.2) is 0 Å². The topological polar surface area (TPSA) is 19.6 Å². The molecule has 0 atom stereocenters. The zero-order valence-electron chi connectivity index (χ0n) is 44.8. The van der Waals surface area contributed by atoms with E-state index in [1.165, 1.54) is 27.5 Å². The van der Waals surface area contributed by atoms with E-state index in [1.54, 1.807) is 0 Å². The maximum Gasteiger partial charge on any atom is 0.252 e. The highest BCUT2D eigenvalue weighted by Crippen LogP contribution is 2.50. The van der Waals surface area contributed by atoms with Crippen molar-refractivity contribution in [3.05, 3.63) is 309 Å². The van der Waals surface area contributed by atoms with E-state index in [-0.39, 0.29) is 6.71 Å². The SMILES string of the molecule is c1ccc(-c2cc(-c3ccccc3)cc(N3c4cc(-c5ccccc5)ccc4B4c5ccc(-c6ccccc6)cc5N(c5cc(-c6ccccc6)cc(-c6ccccc6)c5)c5cc(-c6ccc7oc8ccccc8c7c6)cc3c54)c2)cc1. The maximum atomic E-state index is 6.50. The Morgan fingerprint density at radius 3 is 0.951 bits per heavy atom. The first-order chi connectivity index (χ1) is 40.6. The monoisotopic (exact) mass is 1040 g/mol. The molecule has 16 rings (SSSR count). The molecular formula is C78H51BN2O. The van der Waals surface area contributed by atoms with E-state index in [4.69, 9.17) is 4.42 Å². The molecule has 13 aromatic carbocycles. The molecule has 0 saturated heterocycles. The molecule has 0 aliphatic carbocycles.